The lowest BCUT2D eigenvalue weighted by Crippen LogP contribution is -2.34. The number of aryl methyl sites for hydroxylation is 1. The molecule has 1 N–H and O–H groups in total. The first-order chi connectivity index (χ1) is 13.8. The smallest absolute Gasteiger partial charge is 0.164 e. The van der Waals surface area contributed by atoms with Crippen molar-refractivity contribution in [1.82, 2.24) is 5.32 Å². The number of halogens is 1. The van der Waals surface area contributed by atoms with Gasteiger partial charge in [0.05, 0.1) is 7.11 Å². The highest BCUT2D eigenvalue weighted by Crippen LogP contribution is 2.36. The molecule has 1 aliphatic heterocycles. The van der Waals surface area contributed by atoms with Crippen LogP contribution in [-0.2, 0) is 13.0 Å². The maximum atomic E-state index is 14.9. The third kappa shape index (κ3) is 3.87. The third-order valence-corrected chi connectivity index (χ3v) is 5.15. The molecule has 3 aromatic carbocycles. The quantitative estimate of drug-likeness (QED) is 0.657. The number of hydrogen-bond acceptors (Lipinski definition) is 3. The first kappa shape index (κ1) is 18.5. The van der Waals surface area contributed by atoms with E-state index in [1.54, 1.807) is 7.11 Å². The monoisotopic (exact) mass is 377 g/mol. The molecule has 0 saturated heterocycles. The van der Waals surface area contributed by atoms with Crippen molar-refractivity contribution in [3.8, 4) is 22.6 Å². The van der Waals surface area contributed by atoms with E-state index < -0.39 is 0 Å². The van der Waals surface area contributed by atoms with E-state index in [9.17, 15) is 4.39 Å². The Labute approximate surface area is 165 Å². The fraction of sp³-hybridized carbons (Fsp3) is 0.250. The fourth-order valence-corrected chi connectivity index (χ4v) is 3.66. The lowest BCUT2D eigenvalue weighted by Gasteiger charge is -2.27. The van der Waals surface area contributed by atoms with Gasteiger partial charge < -0.3 is 14.8 Å². The number of benzene rings is 3. The van der Waals surface area contributed by atoms with Crippen molar-refractivity contribution in [2.75, 3.05) is 13.7 Å². The van der Waals surface area contributed by atoms with E-state index in [4.69, 9.17) is 9.47 Å². The highest BCUT2D eigenvalue weighted by Gasteiger charge is 2.22. The van der Waals surface area contributed by atoms with Crippen LogP contribution in [0.5, 0.6) is 11.5 Å². The minimum absolute atomic E-state index is 0.0455. The predicted molar refractivity (Wildman–Crippen MR) is 109 cm³/mol. The predicted octanol–water partition coefficient (Wildman–Crippen LogP) is 4.98. The van der Waals surface area contributed by atoms with E-state index in [2.05, 4.69) is 11.4 Å². The Hall–Kier alpha value is -2.85. The highest BCUT2D eigenvalue weighted by atomic mass is 19.1. The molecule has 1 heterocycles. The molecule has 0 fully saturated rings. The molecule has 4 heteroatoms. The molecule has 0 radical (unpaired) electrons. The molecule has 28 heavy (non-hydrogen) atoms. The number of methoxy groups -OCH3 is 1. The molecule has 0 aliphatic carbocycles. The Morgan fingerprint density at radius 3 is 2.68 bits per heavy atom. The van der Waals surface area contributed by atoms with E-state index in [1.165, 1.54) is 5.56 Å². The Bertz CT molecular complexity index is 928. The second kappa shape index (κ2) is 8.44. The summed E-state index contributed by atoms with van der Waals surface area (Å²) in [5.74, 6) is 1.43. The SMILES string of the molecule is COc1cccc2c1OC(CNCc1cccc(-c3ccccc3)c1F)CC2. The molecule has 0 aromatic heterocycles. The molecule has 3 aromatic rings. The van der Waals surface area contributed by atoms with Gasteiger partial charge in [0.25, 0.3) is 0 Å². The van der Waals surface area contributed by atoms with E-state index in [0.717, 1.165) is 29.9 Å². The molecular weight excluding hydrogens is 353 g/mol. The number of ether oxygens (including phenoxy) is 2. The summed E-state index contributed by atoms with van der Waals surface area (Å²) in [6, 6.07) is 21.2. The largest absolute Gasteiger partial charge is 0.493 e. The van der Waals surface area contributed by atoms with Gasteiger partial charge in [-0.1, -0.05) is 60.7 Å². The van der Waals surface area contributed by atoms with Crippen LogP contribution in [0.4, 0.5) is 4.39 Å². The molecule has 1 atom stereocenters. The summed E-state index contributed by atoms with van der Waals surface area (Å²) < 4.78 is 26.5. The first-order valence-electron chi connectivity index (χ1n) is 9.62. The molecule has 0 bridgehead atoms. The number of fused-ring (bicyclic) bond motifs is 1. The molecule has 0 amide bonds. The minimum atomic E-state index is -0.169. The van der Waals surface area contributed by atoms with Gasteiger partial charge in [0, 0.05) is 24.2 Å². The van der Waals surface area contributed by atoms with Crippen molar-refractivity contribution in [1.29, 1.82) is 0 Å². The van der Waals surface area contributed by atoms with Gasteiger partial charge in [-0.25, -0.2) is 4.39 Å². The van der Waals surface area contributed by atoms with Gasteiger partial charge in [0.2, 0.25) is 0 Å². The van der Waals surface area contributed by atoms with Crippen molar-refractivity contribution in [3.63, 3.8) is 0 Å². The second-order valence-corrected chi connectivity index (χ2v) is 7.00. The Morgan fingerprint density at radius 2 is 1.86 bits per heavy atom. The van der Waals surface area contributed by atoms with Crippen LogP contribution in [-0.4, -0.2) is 19.8 Å². The minimum Gasteiger partial charge on any atom is -0.493 e. The lowest BCUT2D eigenvalue weighted by molar-refractivity contribution is 0.163. The molecule has 144 valence electrons. The summed E-state index contributed by atoms with van der Waals surface area (Å²) in [6.07, 6.45) is 1.93. The van der Waals surface area contributed by atoms with Crippen molar-refractivity contribution >= 4 is 0 Å². The van der Waals surface area contributed by atoms with Crippen LogP contribution < -0.4 is 14.8 Å². The zero-order valence-corrected chi connectivity index (χ0v) is 16.0. The van der Waals surface area contributed by atoms with Crippen LogP contribution >= 0.6 is 0 Å². The van der Waals surface area contributed by atoms with Gasteiger partial charge in [-0.15, -0.1) is 0 Å². The summed E-state index contributed by atoms with van der Waals surface area (Å²) in [7, 11) is 1.66. The van der Waals surface area contributed by atoms with E-state index in [-0.39, 0.29) is 11.9 Å². The van der Waals surface area contributed by atoms with Crippen molar-refractivity contribution in [2.24, 2.45) is 0 Å². The molecule has 3 nitrogen and oxygen atoms in total. The normalized spacial score (nSPS) is 15.6. The molecule has 1 aliphatic rings. The Morgan fingerprint density at radius 1 is 1.04 bits per heavy atom. The average Bonchev–Trinajstić information content (AvgIpc) is 2.75. The maximum Gasteiger partial charge on any atom is 0.164 e. The summed E-state index contributed by atoms with van der Waals surface area (Å²) >= 11 is 0. The summed E-state index contributed by atoms with van der Waals surface area (Å²) in [5.41, 5.74) is 3.36. The highest BCUT2D eigenvalue weighted by molar-refractivity contribution is 5.64. The van der Waals surface area contributed by atoms with Crippen LogP contribution in [0.1, 0.15) is 17.5 Å². The zero-order chi connectivity index (χ0) is 19.3. The number of hydrogen-bond donors (Lipinski definition) is 1. The Balaban J connectivity index is 1.40. The standard InChI is InChI=1S/C24H24FNO2/c1-27-22-12-6-9-18-13-14-20(28-24(18)22)16-26-15-19-10-5-11-21(23(19)25)17-7-3-2-4-8-17/h2-12,20,26H,13-16H2,1H3. The van der Waals surface area contributed by atoms with Crippen molar-refractivity contribution < 1.29 is 13.9 Å². The summed E-state index contributed by atoms with van der Waals surface area (Å²) in [4.78, 5) is 0. The summed E-state index contributed by atoms with van der Waals surface area (Å²) in [5, 5.41) is 3.35. The van der Waals surface area contributed by atoms with Crippen LogP contribution in [0.25, 0.3) is 11.1 Å². The average molecular weight is 377 g/mol. The molecule has 0 spiro atoms. The van der Waals surface area contributed by atoms with Crippen molar-refractivity contribution in [3.05, 3.63) is 83.7 Å². The number of nitrogens with one attached hydrogen (secondary N) is 1. The van der Waals surface area contributed by atoms with Gasteiger partial charge in [-0.3, -0.25) is 0 Å². The van der Waals surface area contributed by atoms with E-state index >= 15 is 0 Å². The summed E-state index contributed by atoms with van der Waals surface area (Å²) in [6.45, 7) is 1.12. The lowest BCUT2D eigenvalue weighted by atomic mass is 10.0. The van der Waals surface area contributed by atoms with Gasteiger partial charge in [-0.2, -0.15) is 0 Å². The number of para-hydroxylation sites is 1. The second-order valence-electron chi connectivity index (χ2n) is 7.00. The molecule has 0 saturated carbocycles. The first-order valence-corrected chi connectivity index (χ1v) is 9.62. The van der Waals surface area contributed by atoms with Crippen molar-refractivity contribution in [2.45, 2.75) is 25.5 Å². The van der Waals surface area contributed by atoms with E-state index in [1.807, 2.05) is 60.7 Å². The van der Waals surface area contributed by atoms with Gasteiger partial charge in [0.15, 0.2) is 11.5 Å². The fourth-order valence-electron chi connectivity index (χ4n) is 3.66. The zero-order valence-electron chi connectivity index (χ0n) is 16.0. The molecule has 1 unspecified atom stereocenters. The van der Waals surface area contributed by atoms with Crippen LogP contribution in [0, 0.1) is 5.82 Å². The van der Waals surface area contributed by atoms with Crippen LogP contribution in [0.15, 0.2) is 66.7 Å². The topological polar surface area (TPSA) is 30.5 Å². The third-order valence-electron chi connectivity index (χ3n) is 5.15. The van der Waals surface area contributed by atoms with Crippen LogP contribution in [0.2, 0.25) is 0 Å². The van der Waals surface area contributed by atoms with Gasteiger partial charge in [0.1, 0.15) is 11.9 Å². The van der Waals surface area contributed by atoms with Crippen LogP contribution in [0.3, 0.4) is 0 Å². The molecule has 4 rings (SSSR count). The van der Waals surface area contributed by atoms with Gasteiger partial charge in [-0.05, 0) is 30.0 Å². The van der Waals surface area contributed by atoms with Gasteiger partial charge >= 0.3 is 0 Å². The Kier molecular flexibility index (Phi) is 5.58. The molecular formula is C24H24FNO2. The maximum absolute atomic E-state index is 14.9. The van der Waals surface area contributed by atoms with E-state index in [0.29, 0.717) is 24.2 Å². The number of rotatable bonds is 6.